The number of H-pyrrole nitrogens is 1. The van der Waals surface area contributed by atoms with Crippen LogP contribution >= 0.6 is 0 Å². The normalized spacial score (nSPS) is 23.0. The molecule has 0 aliphatic heterocycles. The molecule has 1 saturated carbocycles. The van der Waals surface area contributed by atoms with E-state index in [9.17, 15) is 14.4 Å². The van der Waals surface area contributed by atoms with Gasteiger partial charge in [0.1, 0.15) is 6.54 Å². The smallest absolute Gasteiger partial charge is 0.328 e. The SMILES string of the molecule is CC1CCC(NC(=O)Cn2ccc(=O)[nH]c2=O)CC1. The summed E-state index contributed by atoms with van der Waals surface area (Å²) in [5, 5.41) is 2.94. The minimum absolute atomic E-state index is 0.0539. The average Bonchev–Trinajstić information content (AvgIpc) is 2.36. The van der Waals surface area contributed by atoms with Crippen molar-refractivity contribution in [3.05, 3.63) is 33.1 Å². The highest BCUT2D eigenvalue weighted by molar-refractivity contribution is 5.76. The van der Waals surface area contributed by atoms with Crippen molar-refractivity contribution in [2.45, 2.75) is 45.2 Å². The van der Waals surface area contributed by atoms with Gasteiger partial charge in [0.15, 0.2) is 0 Å². The number of hydrogen-bond acceptors (Lipinski definition) is 3. The second-order valence-electron chi connectivity index (χ2n) is 5.26. The molecule has 2 N–H and O–H groups in total. The molecule has 0 unspecified atom stereocenters. The zero-order valence-electron chi connectivity index (χ0n) is 11.0. The van der Waals surface area contributed by atoms with Gasteiger partial charge in [-0.25, -0.2) is 4.79 Å². The molecule has 6 heteroatoms. The van der Waals surface area contributed by atoms with Gasteiger partial charge in [-0.2, -0.15) is 0 Å². The van der Waals surface area contributed by atoms with E-state index in [1.54, 1.807) is 0 Å². The number of carbonyl (C=O) groups is 1. The first-order valence-corrected chi connectivity index (χ1v) is 6.63. The van der Waals surface area contributed by atoms with E-state index < -0.39 is 11.2 Å². The van der Waals surface area contributed by atoms with Gasteiger partial charge in [-0.3, -0.25) is 19.1 Å². The van der Waals surface area contributed by atoms with Crippen molar-refractivity contribution in [3.8, 4) is 0 Å². The van der Waals surface area contributed by atoms with Gasteiger partial charge in [0.2, 0.25) is 5.91 Å². The van der Waals surface area contributed by atoms with Gasteiger partial charge < -0.3 is 5.32 Å². The monoisotopic (exact) mass is 265 g/mol. The molecule has 1 aliphatic rings. The van der Waals surface area contributed by atoms with Crippen LogP contribution in [0, 0.1) is 5.92 Å². The molecule has 0 atom stereocenters. The molecule has 1 amide bonds. The Labute approximate surface area is 110 Å². The van der Waals surface area contributed by atoms with Crippen LogP contribution in [0.3, 0.4) is 0 Å². The minimum Gasteiger partial charge on any atom is -0.352 e. The van der Waals surface area contributed by atoms with Crippen molar-refractivity contribution in [1.29, 1.82) is 0 Å². The molecule has 0 saturated heterocycles. The maximum atomic E-state index is 11.8. The molecule has 1 fully saturated rings. The van der Waals surface area contributed by atoms with E-state index in [1.165, 1.54) is 16.8 Å². The topological polar surface area (TPSA) is 84.0 Å². The molecule has 1 aliphatic carbocycles. The quantitative estimate of drug-likeness (QED) is 0.820. The Bertz CT molecular complexity index is 553. The Morgan fingerprint density at radius 1 is 1.37 bits per heavy atom. The number of rotatable bonds is 3. The molecule has 0 aromatic carbocycles. The van der Waals surface area contributed by atoms with Crippen LogP contribution in [0.1, 0.15) is 32.6 Å². The zero-order valence-corrected chi connectivity index (χ0v) is 11.0. The van der Waals surface area contributed by atoms with E-state index in [0.29, 0.717) is 0 Å². The lowest BCUT2D eigenvalue weighted by Gasteiger charge is -2.26. The highest BCUT2D eigenvalue weighted by atomic mass is 16.2. The van der Waals surface area contributed by atoms with Gasteiger partial charge in [0.25, 0.3) is 5.56 Å². The Kier molecular flexibility index (Phi) is 4.19. The van der Waals surface area contributed by atoms with Gasteiger partial charge in [0.05, 0.1) is 0 Å². The Hall–Kier alpha value is -1.85. The van der Waals surface area contributed by atoms with Crippen LogP contribution in [0.4, 0.5) is 0 Å². The Morgan fingerprint density at radius 2 is 2.05 bits per heavy atom. The predicted octanol–water partition coefficient (Wildman–Crippen LogP) is 0.231. The van der Waals surface area contributed by atoms with Gasteiger partial charge in [-0.1, -0.05) is 6.92 Å². The highest BCUT2D eigenvalue weighted by Gasteiger charge is 2.19. The summed E-state index contributed by atoms with van der Waals surface area (Å²) in [6.45, 7) is 2.17. The number of aromatic amines is 1. The lowest BCUT2D eigenvalue weighted by Crippen LogP contribution is -2.41. The summed E-state index contributed by atoms with van der Waals surface area (Å²) < 4.78 is 1.20. The molecule has 104 valence electrons. The molecule has 6 nitrogen and oxygen atoms in total. The summed E-state index contributed by atoms with van der Waals surface area (Å²) in [5.41, 5.74) is -1.01. The third-order valence-corrected chi connectivity index (χ3v) is 3.59. The molecule has 0 radical (unpaired) electrons. The third kappa shape index (κ3) is 3.81. The number of aromatic nitrogens is 2. The van der Waals surface area contributed by atoms with Crippen molar-refractivity contribution in [2.75, 3.05) is 0 Å². The number of hydrogen-bond donors (Lipinski definition) is 2. The fourth-order valence-corrected chi connectivity index (χ4v) is 2.40. The van der Waals surface area contributed by atoms with E-state index in [1.807, 2.05) is 0 Å². The van der Waals surface area contributed by atoms with Gasteiger partial charge in [-0.05, 0) is 31.6 Å². The second kappa shape index (κ2) is 5.86. The summed E-state index contributed by atoms with van der Waals surface area (Å²) >= 11 is 0. The molecular formula is C13H19N3O3. The molecule has 1 aromatic heterocycles. The standard InChI is InChI=1S/C13H19N3O3/c1-9-2-4-10(5-3-9)14-12(18)8-16-7-6-11(17)15-13(16)19/h6-7,9-10H,2-5,8H2,1H3,(H,14,18)(H,15,17,19). The van der Waals surface area contributed by atoms with Crippen LogP contribution in [0.5, 0.6) is 0 Å². The summed E-state index contributed by atoms with van der Waals surface area (Å²) in [4.78, 5) is 36.3. The highest BCUT2D eigenvalue weighted by Crippen LogP contribution is 2.23. The molecule has 0 bridgehead atoms. The fourth-order valence-electron chi connectivity index (χ4n) is 2.40. The van der Waals surface area contributed by atoms with E-state index >= 15 is 0 Å². The van der Waals surface area contributed by atoms with E-state index in [2.05, 4.69) is 17.2 Å². The predicted molar refractivity (Wildman–Crippen MR) is 70.9 cm³/mol. The first kappa shape index (κ1) is 13.6. The van der Waals surface area contributed by atoms with Crippen molar-refractivity contribution in [1.82, 2.24) is 14.9 Å². The van der Waals surface area contributed by atoms with Crippen LogP contribution in [0.2, 0.25) is 0 Å². The lowest BCUT2D eigenvalue weighted by atomic mass is 9.87. The average molecular weight is 265 g/mol. The molecule has 1 aromatic rings. The number of amides is 1. The van der Waals surface area contributed by atoms with Crippen LogP contribution < -0.4 is 16.6 Å². The van der Waals surface area contributed by atoms with Crippen molar-refractivity contribution >= 4 is 5.91 Å². The molecule has 2 rings (SSSR count). The molecule has 0 spiro atoms. The van der Waals surface area contributed by atoms with Crippen LogP contribution in [-0.4, -0.2) is 21.5 Å². The number of nitrogens with zero attached hydrogens (tertiary/aromatic N) is 1. The third-order valence-electron chi connectivity index (χ3n) is 3.59. The maximum absolute atomic E-state index is 11.8. The second-order valence-corrected chi connectivity index (χ2v) is 5.26. The first-order valence-electron chi connectivity index (χ1n) is 6.63. The van der Waals surface area contributed by atoms with Gasteiger partial charge >= 0.3 is 5.69 Å². The minimum atomic E-state index is -0.556. The van der Waals surface area contributed by atoms with Gasteiger partial charge in [0, 0.05) is 18.3 Å². The summed E-state index contributed by atoms with van der Waals surface area (Å²) in [6, 6.07) is 1.44. The van der Waals surface area contributed by atoms with Crippen LogP contribution in [0.25, 0.3) is 0 Å². The summed E-state index contributed by atoms with van der Waals surface area (Å²) in [7, 11) is 0. The van der Waals surface area contributed by atoms with Gasteiger partial charge in [-0.15, -0.1) is 0 Å². The fraction of sp³-hybridized carbons (Fsp3) is 0.615. The summed E-state index contributed by atoms with van der Waals surface area (Å²) in [6.07, 6.45) is 5.58. The zero-order chi connectivity index (χ0) is 13.8. The lowest BCUT2D eigenvalue weighted by molar-refractivity contribution is -0.122. The van der Waals surface area contributed by atoms with E-state index in [4.69, 9.17) is 0 Å². The van der Waals surface area contributed by atoms with Crippen molar-refractivity contribution < 1.29 is 4.79 Å². The van der Waals surface area contributed by atoms with Crippen LogP contribution in [-0.2, 0) is 11.3 Å². The molecule has 19 heavy (non-hydrogen) atoms. The van der Waals surface area contributed by atoms with E-state index in [-0.39, 0.29) is 18.5 Å². The van der Waals surface area contributed by atoms with Crippen molar-refractivity contribution in [3.63, 3.8) is 0 Å². The molecular weight excluding hydrogens is 246 g/mol. The first-order chi connectivity index (χ1) is 9.04. The largest absolute Gasteiger partial charge is 0.352 e. The van der Waals surface area contributed by atoms with Crippen LogP contribution in [0.15, 0.2) is 21.9 Å². The molecule has 1 heterocycles. The summed E-state index contributed by atoms with van der Waals surface area (Å²) in [5.74, 6) is 0.545. The number of carbonyl (C=O) groups excluding carboxylic acids is 1. The number of nitrogens with one attached hydrogen (secondary N) is 2. The van der Waals surface area contributed by atoms with E-state index in [0.717, 1.165) is 31.6 Å². The van der Waals surface area contributed by atoms with Crippen molar-refractivity contribution in [2.24, 2.45) is 5.92 Å². The maximum Gasteiger partial charge on any atom is 0.328 e. The Morgan fingerprint density at radius 3 is 2.68 bits per heavy atom. The Balaban J connectivity index is 1.91.